The minimum Gasteiger partial charge on any atom is -0.479 e. The molecule has 2 aromatic carbocycles. The Kier molecular flexibility index (Phi) is 6.55. The maximum Gasteiger partial charge on any atom is 0.407 e. The molecule has 180 valence electrons. The van der Waals surface area contributed by atoms with E-state index in [4.69, 9.17) is 4.74 Å². The van der Waals surface area contributed by atoms with Gasteiger partial charge in [-0.2, -0.15) is 0 Å². The van der Waals surface area contributed by atoms with Gasteiger partial charge in [-0.3, -0.25) is 4.79 Å². The number of nitrogens with one attached hydrogen (secondary N) is 2. The third-order valence-electron chi connectivity index (χ3n) is 6.86. The van der Waals surface area contributed by atoms with E-state index in [-0.39, 0.29) is 18.4 Å². The van der Waals surface area contributed by atoms with Gasteiger partial charge in [0.25, 0.3) is 0 Å². The van der Waals surface area contributed by atoms with Crippen molar-refractivity contribution in [1.82, 2.24) is 10.6 Å². The van der Waals surface area contributed by atoms with Crippen molar-refractivity contribution in [2.24, 2.45) is 5.92 Å². The molecule has 8 heteroatoms. The van der Waals surface area contributed by atoms with Gasteiger partial charge in [-0.25, -0.2) is 9.59 Å². The number of rotatable bonds is 7. The van der Waals surface area contributed by atoms with Gasteiger partial charge in [-0.1, -0.05) is 61.0 Å². The van der Waals surface area contributed by atoms with E-state index in [2.05, 4.69) is 34.9 Å². The number of thiophene rings is 1. The van der Waals surface area contributed by atoms with E-state index in [1.807, 2.05) is 24.3 Å². The molecule has 7 nitrogen and oxygen atoms in total. The van der Waals surface area contributed by atoms with Crippen molar-refractivity contribution < 1.29 is 24.2 Å². The van der Waals surface area contributed by atoms with Crippen LogP contribution in [-0.4, -0.2) is 35.7 Å². The van der Waals surface area contributed by atoms with Gasteiger partial charge < -0.3 is 20.5 Å². The van der Waals surface area contributed by atoms with E-state index in [9.17, 15) is 19.5 Å². The summed E-state index contributed by atoms with van der Waals surface area (Å²) >= 11 is 1.28. The molecule has 3 atom stereocenters. The van der Waals surface area contributed by atoms with Gasteiger partial charge in [0.15, 0.2) is 6.04 Å². The van der Waals surface area contributed by atoms with E-state index in [0.29, 0.717) is 17.7 Å². The summed E-state index contributed by atoms with van der Waals surface area (Å²) in [5, 5.41) is 16.8. The highest BCUT2D eigenvalue weighted by molar-refractivity contribution is 7.10. The van der Waals surface area contributed by atoms with Crippen LogP contribution in [-0.2, 0) is 14.3 Å². The Morgan fingerprint density at radius 2 is 1.66 bits per heavy atom. The molecule has 0 radical (unpaired) electrons. The number of carboxylic acid groups (broad SMARTS) is 1. The van der Waals surface area contributed by atoms with E-state index in [1.165, 1.54) is 11.3 Å². The van der Waals surface area contributed by atoms with Crippen molar-refractivity contribution in [2.75, 3.05) is 6.61 Å². The lowest BCUT2D eigenvalue weighted by Gasteiger charge is -2.23. The molecule has 0 spiro atoms. The van der Waals surface area contributed by atoms with Crippen LogP contribution >= 0.6 is 11.3 Å². The fraction of sp³-hybridized carbons (Fsp3) is 0.296. The van der Waals surface area contributed by atoms with E-state index in [0.717, 1.165) is 28.7 Å². The molecule has 3 aromatic rings. The van der Waals surface area contributed by atoms with Gasteiger partial charge in [0, 0.05) is 16.8 Å². The van der Waals surface area contributed by atoms with Crippen LogP contribution in [0.5, 0.6) is 0 Å². The summed E-state index contributed by atoms with van der Waals surface area (Å²) in [5.74, 6) is -2.03. The summed E-state index contributed by atoms with van der Waals surface area (Å²) in [4.78, 5) is 37.9. The van der Waals surface area contributed by atoms with Gasteiger partial charge in [-0.05, 0) is 46.5 Å². The summed E-state index contributed by atoms with van der Waals surface area (Å²) in [6, 6.07) is 18.2. The summed E-state index contributed by atoms with van der Waals surface area (Å²) in [6.07, 6.45) is 1.42. The number of hydrogen-bond acceptors (Lipinski definition) is 5. The van der Waals surface area contributed by atoms with Crippen LogP contribution < -0.4 is 10.6 Å². The number of carboxylic acids is 1. The number of benzene rings is 2. The maximum absolute atomic E-state index is 12.9. The minimum atomic E-state index is -1.11. The number of fused-ring (bicyclic) bond motifs is 3. The molecule has 2 aliphatic rings. The van der Waals surface area contributed by atoms with Crippen molar-refractivity contribution >= 4 is 29.3 Å². The second kappa shape index (κ2) is 9.92. The molecule has 1 unspecified atom stereocenters. The van der Waals surface area contributed by atoms with Crippen molar-refractivity contribution in [3.05, 3.63) is 82.0 Å². The molecule has 0 saturated heterocycles. The molecule has 0 aliphatic heterocycles. The lowest BCUT2D eigenvalue weighted by atomic mass is 9.98. The molecular formula is C27H26N2O5S. The second-order valence-electron chi connectivity index (χ2n) is 8.91. The van der Waals surface area contributed by atoms with Crippen LogP contribution in [0.4, 0.5) is 4.79 Å². The van der Waals surface area contributed by atoms with Crippen LogP contribution in [0, 0.1) is 5.92 Å². The molecule has 1 fully saturated rings. The normalized spacial score (nSPS) is 19.4. The predicted molar refractivity (Wildman–Crippen MR) is 132 cm³/mol. The smallest absolute Gasteiger partial charge is 0.407 e. The van der Waals surface area contributed by atoms with E-state index in [1.54, 1.807) is 17.5 Å². The van der Waals surface area contributed by atoms with Gasteiger partial charge in [0.05, 0.1) is 5.92 Å². The Hall–Kier alpha value is -3.65. The van der Waals surface area contributed by atoms with Crippen molar-refractivity contribution in [3.8, 4) is 11.1 Å². The van der Waals surface area contributed by atoms with Gasteiger partial charge in [-0.15, -0.1) is 11.3 Å². The Bertz CT molecular complexity index is 1200. The maximum atomic E-state index is 12.9. The first-order chi connectivity index (χ1) is 17.0. The number of aliphatic carboxylic acids is 1. The van der Waals surface area contributed by atoms with Gasteiger partial charge >= 0.3 is 12.1 Å². The monoisotopic (exact) mass is 490 g/mol. The zero-order chi connectivity index (χ0) is 24.4. The molecule has 1 aromatic heterocycles. The summed E-state index contributed by atoms with van der Waals surface area (Å²) in [5.41, 5.74) is 4.58. The third kappa shape index (κ3) is 4.66. The lowest BCUT2D eigenvalue weighted by Crippen LogP contribution is -2.46. The van der Waals surface area contributed by atoms with Gasteiger partial charge in [0.1, 0.15) is 6.61 Å². The van der Waals surface area contributed by atoms with E-state index < -0.39 is 30.1 Å². The minimum absolute atomic E-state index is 0.0436. The molecule has 35 heavy (non-hydrogen) atoms. The first-order valence-corrected chi connectivity index (χ1v) is 12.6. The van der Waals surface area contributed by atoms with E-state index >= 15 is 0 Å². The molecular weight excluding hydrogens is 464 g/mol. The van der Waals surface area contributed by atoms with Crippen molar-refractivity contribution in [3.63, 3.8) is 0 Å². The Balaban J connectivity index is 1.21. The Morgan fingerprint density at radius 3 is 2.29 bits per heavy atom. The molecule has 0 bridgehead atoms. The summed E-state index contributed by atoms with van der Waals surface area (Å²) < 4.78 is 5.63. The quantitative estimate of drug-likeness (QED) is 0.445. The topological polar surface area (TPSA) is 105 Å². The SMILES string of the molecule is O=C(N[C@H]1CCC[C@H]1C(=O)NC(C(=O)O)c1cccs1)OCC1c2ccccc2-c2ccccc21. The average Bonchev–Trinajstić information content (AvgIpc) is 3.61. The number of hydrogen-bond donors (Lipinski definition) is 3. The zero-order valence-corrected chi connectivity index (χ0v) is 19.8. The fourth-order valence-corrected chi connectivity index (χ4v) is 5.96. The largest absolute Gasteiger partial charge is 0.479 e. The molecule has 1 saturated carbocycles. The van der Waals surface area contributed by atoms with Crippen LogP contribution in [0.1, 0.15) is 47.2 Å². The second-order valence-corrected chi connectivity index (χ2v) is 9.89. The standard InChI is InChI=1S/C27H26N2O5S/c30-25(29-24(26(31)32)23-13-6-14-35-23)20-11-5-12-22(20)28-27(33)34-15-21-18-9-3-1-7-16(18)17-8-2-4-10-19(17)21/h1-4,6-10,13-14,20-22,24H,5,11-12,15H2,(H,28,33)(H,29,30)(H,31,32)/t20-,22+,24?/m1/s1. The number of ether oxygens (including phenoxy) is 1. The predicted octanol–water partition coefficient (Wildman–Crippen LogP) is 4.70. The first-order valence-electron chi connectivity index (χ1n) is 11.7. The van der Waals surface area contributed by atoms with Crippen LogP contribution in [0.15, 0.2) is 66.0 Å². The van der Waals surface area contributed by atoms with Crippen LogP contribution in [0.25, 0.3) is 11.1 Å². The molecule has 2 amide bonds. The van der Waals surface area contributed by atoms with Crippen LogP contribution in [0.3, 0.4) is 0 Å². The summed E-state index contributed by atoms with van der Waals surface area (Å²) in [6.45, 7) is 0.197. The fourth-order valence-electron chi connectivity index (χ4n) is 5.20. The highest BCUT2D eigenvalue weighted by Crippen LogP contribution is 2.44. The van der Waals surface area contributed by atoms with Crippen molar-refractivity contribution in [2.45, 2.75) is 37.3 Å². The van der Waals surface area contributed by atoms with Crippen molar-refractivity contribution in [1.29, 1.82) is 0 Å². The highest BCUT2D eigenvalue weighted by atomic mass is 32.1. The molecule has 3 N–H and O–H groups in total. The number of carbonyl (C=O) groups is 3. The average molecular weight is 491 g/mol. The summed E-state index contributed by atoms with van der Waals surface area (Å²) in [7, 11) is 0. The molecule has 1 heterocycles. The Labute approximate surface area is 207 Å². The Morgan fingerprint density at radius 1 is 0.971 bits per heavy atom. The number of carbonyl (C=O) groups excluding carboxylic acids is 2. The zero-order valence-electron chi connectivity index (χ0n) is 19.0. The van der Waals surface area contributed by atoms with Crippen LogP contribution in [0.2, 0.25) is 0 Å². The molecule has 5 rings (SSSR count). The third-order valence-corrected chi connectivity index (χ3v) is 7.80. The highest BCUT2D eigenvalue weighted by Gasteiger charge is 2.37. The lowest BCUT2D eigenvalue weighted by molar-refractivity contribution is -0.142. The number of amides is 2. The van der Waals surface area contributed by atoms with Gasteiger partial charge in [0.2, 0.25) is 5.91 Å². The first kappa shape index (κ1) is 23.1. The molecule has 2 aliphatic carbocycles. The number of alkyl carbamates (subject to hydrolysis) is 1.